The largest absolute Gasteiger partial charge is 0.469 e. The van der Waals surface area contributed by atoms with E-state index in [4.69, 9.17) is 9.73 Å². The number of esters is 1. The summed E-state index contributed by atoms with van der Waals surface area (Å²) in [5.74, 6) is 2.44. The van der Waals surface area contributed by atoms with Crippen LogP contribution in [0.3, 0.4) is 0 Å². The van der Waals surface area contributed by atoms with Gasteiger partial charge in [-0.1, -0.05) is 20.8 Å². The van der Waals surface area contributed by atoms with Crippen molar-refractivity contribution in [2.75, 3.05) is 52.9 Å². The lowest BCUT2D eigenvalue weighted by Crippen LogP contribution is -2.42. The van der Waals surface area contributed by atoms with Crippen molar-refractivity contribution in [1.29, 1.82) is 0 Å². The summed E-state index contributed by atoms with van der Waals surface area (Å²) in [6.07, 6.45) is 2.54. The maximum atomic E-state index is 12.0. The van der Waals surface area contributed by atoms with E-state index in [-0.39, 0.29) is 11.9 Å². The molecule has 6 nitrogen and oxygen atoms in total. The summed E-state index contributed by atoms with van der Waals surface area (Å²) in [4.78, 5) is 21.7. The van der Waals surface area contributed by atoms with Crippen molar-refractivity contribution in [3.63, 3.8) is 0 Å². The van der Waals surface area contributed by atoms with Crippen molar-refractivity contribution in [2.24, 2.45) is 28.7 Å². The number of guanidine groups is 1. The van der Waals surface area contributed by atoms with Crippen LogP contribution in [0.5, 0.6) is 0 Å². The lowest BCUT2D eigenvalue weighted by Gasteiger charge is -2.33. The minimum atomic E-state index is -0.104. The number of methoxy groups -OCH3 is 1. The third kappa shape index (κ3) is 5.86. The zero-order valence-corrected chi connectivity index (χ0v) is 17.3. The smallest absolute Gasteiger partial charge is 0.310 e. The van der Waals surface area contributed by atoms with Crippen LogP contribution in [0.1, 0.15) is 40.5 Å². The van der Waals surface area contributed by atoms with Gasteiger partial charge in [0.15, 0.2) is 5.96 Å². The molecule has 0 aliphatic carbocycles. The fraction of sp³-hybridized carbons (Fsp3) is 0.900. The summed E-state index contributed by atoms with van der Waals surface area (Å²) in [5, 5.41) is 3.42. The lowest BCUT2D eigenvalue weighted by molar-refractivity contribution is -0.145. The number of hydrogen-bond donors (Lipinski definition) is 1. The SMILES string of the molecule is CCNC(=NCC1CCCN(CC(C)C)C1)N1CC(C)C(C(=O)OC)C1. The first-order chi connectivity index (χ1) is 12.4. The standard InChI is InChI=1S/C20H38N4O2/c1-6-21-20(24-12-16(4)18(14-24)19(25)26-5)22-10-17-8-7-9-23(13-17)11-15(2)3/h15-18H,6-14H2,1-5H3,(H,21,22). The highest BCUT2D eigenvalue weighted by Crippen LogP contribution is 2.24. The average Bonchev–Trinajstić information content (AvgIpc) is 2.99. The number of nitrogens with one attached hydrogen (secondary N) is 1. The van der Waals surface area contributed by atoms with Crippen molar-refractivity contribution in [3.8, 4) is 0 Å². The molecular formula is C20H38N4O2. The molecule has 0 aromatic carbocycles. The van der Waals surface area contributed by atoms with Crippen molar-refractivity contribution in [2.45, 2.75) is 40.5 Å². The molecule has 2 aliphatic heterocycles. The van der Waals surface area contributed by atoms with Gasteiger partial charge in [-0.25, -0.2) is 0 Å². The van der Waals surface area contributed by atoms with Crippen LogP contribution in [0.4, 0.5) is 0 Å². The Hall–Kier alpha value is -1.30. The van der Waals surface area contributed by atoms with Gasteiger partial charge >= 0.3 is 5.97 Å². The lowest BCUT2D eigenvalue weighted by atomic mass is 9.97. The molecule has 0 amide bonds. The van der Waals surface area contributed by atoms with E-state index in [1.54, 1.807) is 0 Å². The highest BCUT2D eigenvalue weighted by atomic mass is 16.5. The third-order valence-corrected chi connectivity index (χ3v) is 5.48. The monoisotopic (exact) mass is 366 g/mol. The van der Waals surface area contributed by atoms with Crippen LogP contribution in [0.25, 0.3) is 0 Å². The Morgan fingerprint density at radius 2 is 2.08 bits per heavy atom. The molecule has 2 saturated heterocycles. The maximum absolute atomic E-state index is 12.0. The van der Waals surface area contributed by atoms with E-state index in [2.05, 4.69) is 42.8 Å². The molecular weight excluding hydrogens is 328 g/mol. The van der Waals surface area contributed by atoms with Crippen LogP contribution in [0, 0.1) is 23.7 Å². The second kappa shape index (κ2) is 10.1. The molecule has 0 bridgehead atoms. The Kier molecular flexibility index (Phi) is 8.19. The Balaban J connectivity index is 1.95. The number of carbonyl (C=O) groups is 1. The van der Waals surface area contributed by atoms with Gasteiger partial charge in [-0.05, 0) is 44.1 Å². The van der Waals surface area contributed by atoms with Gasteiger partial charge in [0.05, 0.1) is 13.0 Å². The molecule has 0 saturated carbocycles. The van der Waals surface area contributed by atoms with Crippen LogP contribution in [0.15, 0.2) is 4.99 Å². The van der Waals surface area contributed by atoms with Crippen LogP contribution < -0.4 is 5.32 Å². The molecule has 6 heteroatoms. The van der Waals surface area contributed by atoms with Crippen LogP contribution in [0.2, 0.25) is 0 Å². The first-order valence-corrected chi connectivity index (χ1v) is 10.3. The topological polar surface area (TPSA) is 57.2 Å². The summed E-state index contributed by atoms with van der Waals surface area (Å²) in [7, 11) is 1.48. The summed E-state index contributed by atoms with van der Waals surface area (Å²) < 4.78 is 4.96. The Morgan fingerprint density at radius 1 is 1.31 bits per heavy atom. The van der Waals surface area contributed by atoms with Gasteiger partial charge in [-0.3, -0.25) is 9.79 Å². The fourth-order valence-corrected chi connectivity index (χ4v) is 4.22. The third-order valence-electron chi connectivity index (χ3n) is 5.48. The van der Waals surface area contributed by atoms with Gasteiger partial charge in [0.1, 0.15) is 0 Å². The van der Waals surface area contributed by atoms with Gasteiger partial charge < -0.3 is 19.9 Å². The minimum Gasteiger partial charge on any atom is -0.469 e. The molecule has 2 aliphatic rings. The van der Waals surface area contributed by atoms with Gasteiger partial charge in [0, 0.05) is 39.3 Å². The van der Waals surface area contributed by atoms with Gasteiger partial charge in [-0.2, -0.15) is 0 Å². The Labute approximate surface area is 159 Å². The molecule has 2 rings (SSSR count). The predicted molar refractivity (Wildman–Crippen MR) is 106 cm³/mol. The fourth-order valence-electron chi connectivity index (χ4n) is 4.22. The molecule has 0 spiro atoms. The Bertz CT molecular complexity index is 480. The zero-order chi connectivity index (χ0) is 19.1. The summed E-state index contributed by atoms with van der Waals surface area (Å²) >= 11 is 0. The molecule has 3 atom stereocenters. The molecule has 2 fully saturated rings. The summed E-state index contributed by atoms with van der Waals surface area (Å²) in [6.45, 7) is 15.6. The molecule has 3 unspecified atom stereocenters. The van der Waals surface area contributed by atoms with Crippen LogP contribution in [-0.4, -0.2) is 74.7 Å². The zero-order valence-electron chi connectivity index (χ0n) is 17.3. The molecule has 26 heavy (non-hydrogen) atoms. The minimum absolute atomic E-state index is 0.0555. The number of nitrogens with zero attached hydrogens (tertiary/aromatic N) is 3. The first kappa shape index (κ1) is 21.0. The number of rotatable bonds is 6. The molecule has 2 heterocycles. The van der Waals surface area contributed by atoms with E-state index in [0.717, 1.165) is 38.1 Å². The predicted octanol–water partition coefficient (Wildman–Crippen LogP) is 2.06. The van der Waals surface area contributed by atoms with Crippen LogP contribution in [-0.2, 0) is 9.53 Å². The highest BCUT2D eigenvalue weighted by molar-refractivity contribution is 5.82. The molecule has 0 aromatic rings. The van der Waals surface area contributed by atoms with Crippen molar-refractivity contribution in [3.05, 3.63) is 0 Å². The normalized spacial score (nSPS) is 27.8. The summed E-state index contributed by atoms with van der Waals surface area (Å²) in [5.41, 5.74) is 0. The molecule has 0 radical (unpaired) electrons. The van der Waals surface area contributed by atoms with E-state index in [1.807, 2.05) is 0 Å². The molecule has 0 aromatic heterocycles. The highest BCUT2D eigenvalue weighted by Gasteiger charge is 2.37. The van der Waals surface area contributed by atoms with E-state index >= 15 is 0 Å². The van der Waals surface area contributed by atoms with Crippen molar-refractivity contribution >= 4 is 11.9 Å². The van der Waals surface area contributed by atoms with Crippen molar-refractivity contribution in [1.82, 2.24) is 15.1 Å². The molecule has 1 N–H and O–H groups in total. The second-order valence-corrected chi connectivity index (χ2v) is 8.37. The number of piperidine rings is 1. The van der Waals surface area contributed by atoms with E-state index in [1.165, 1.54) is 33.0 Å². The van der Waals surface area contributed by atoms with Gasteiger partial charge in [0.25, 0.3) is 0 Å². The maximum Gasteiger partial charge on any atom is 0.310 e. The number of likely N-dealkylation sites (tertiary alicyclic amines) is 2. The Morgan fingerprint density at radius 3 is 2.73 bits per heavy atom. The number of hydrogen-bond acceptors (Lipinski definition) is 4. The van der Waals surface area contributed by atoms with Crippen LogP contribution >= 0.6 is 0 Å². The van der Waals surface area contributed by atoms with E-state index < -0.39 is 0 Å². The van der Waals surface area contributed by atoms with Gasteiger partial charge in [-0.15, -0.1) is 0 Å². The van der Waals surface area contributed by atoms with Gasteiger partial charge in [0.2, 0.25) is 0 Å². The molecule has 150 valence electrons. The first-order valence-electron chi connectivity index (χ1n) is 10.3. The number of ether oxygens (including phenoxy) is 1. The number of aliphatic imine (C=N–C) groups is 1. The summed E-state index contributed by atoms with van der Waals surface area (Å²) in [6, 6.07) is 0. The van der Waals surface area contributed by atoms with Crippen molar-refractivity contribution < 1.29 is 9.53 Å². The average molecular weight is 367 g/mol. The van der Waals surface area contributed by atoms with E-state index in [0.29, 0.717) is 18.4 Å². The second-order valence-electron chi connectivity index (χ2n) is 8.37. The quantitative estimate of drug-likeness (QED) is 0.443. The van der Waals surface area contributed by atoms with E-state index in [9.17, 15) is 4.79 Å². The number of carbonyl (C=O) groups excluding carboxylic acids is 1.